The van der Waals surface area contributed by atoms with E-state index in [4.69, 9.17) is 4.84 Å². The summed E-state index contributed by atoms with van der Waals surface area (Å²) < 4.78 is 0.793. The summed E-state index contributed by atoms with van der Waals surface area (Å²) in [6.45, 7) is 9.24. The van der Waals surface area contributed by atoms with Crippen LogP contribution in [0.1, 0.15) is 41.5 Å². The molecule has 0 bridgehead atoms. The Balaban J connectivity index is 2.52. The molecule has 0 N–H and O–H groups in total. The van der Waals surface area contributed by atoms with Gasteiger partial charge in [0.25, 0.3) is 11.8 Å². The van der Waals surface area contributed by atoms with Gasteiger partial charge in [-0.3, -0.25) is 18.9 Å². The van der Waals surface area contributed by atoms with E-state index in [0.29, 0.717) is 11.1 Å². The van der Waals surface area contributed by atoms with Crippen LogP contribution in [0, 0.1) is 0 Å². The van der Waals surface area contributed by atoms with Crippen LogP contribution >= 0.6 is 0 Å². The highest BCUT2D eigenvalue weighted by atomic mass is 16.7. The molecule has 2 rings (SSSR count). The number of hydrogen-bond donors (Lipinski definition) is 0. The number of quaternary nitrogens is 1. The van der Waals surface area contributed by atoms with Gasteiger partial charge in [-0.1, -0.05) is 0 Å². The molecule has 1 heterocycles. The van der Waals surface area contributed by atoms with Crippen molar-refractivity contribution in [3.8, 4) is 0 Å². The monoisotopic (exact) mass is 277 g/mol. The topological polar surface area (TPSA) is 46.6 Å². The third-order valence-corrected chi connectivity index (χ3v) is 4.38. The molecule has 0 atom stereocenters. The summed E-state index contributed by atoms with van der Waals surface area (Å²) in [5.41, 5.74) is 1.92. The van der Waals surface area contributed by atoms with Crippen molar-refractivity contribution in [3.63, 3.8) is 0 Å². The predicted octanol–water partition coefficient (Wildman–Crippen LogP) is 2.21. The molecule has 0 aliphatic carbocycles. The van der Waals surface area contributed by atoms with Crippen LogP contribution in [0.5, 0.6) is 0 Å². The lowest BCUT2D eigenvalue weighted by Crippen LogP contribution is -2.48. The van der Waals surface area contributed by atoms with Crippen LogP contribution in [-0.2, 0) is 4.84 Å². The van der Waals surface area contributed by atoms with E-state index in [-0.39, 0.29) is 11.8 Å². The standard InChI is InChI=1S/C15H21N2O3/c1-5-17(6-2,7-3)11-8-9-12-13(10-11)15(19)16(20-4)14(12)18/h8-10H,5-7H2,1-4H3/q+1. The molecule has 0 fully saturated rings. The lowest BCUT2D eigenvalue weighted by molar-refractivity contribution is -0.0645. The molecule has 108 valence electrons. The number of hydrogen-bond acceptors (Lipinski definition) is 3. The van der Waals surface area contributed by atoms with Crippen LogP contribution in [0.15, 0.2) is 18.2 Å². The zero-order chi connectivity index (χ0) is 14.9. The SMILES string of the molecule is CC[N+](CC)(CC)c1ccc2c(c1)C(=O)N(OC)C2=O. The highest BCUT2D eigenvalue weighted by Gasteiger charge is 2.38. The second kappa shape index (κ2) is 5.34. The largest absolute Gasteiger partial charge is 0.292 e. The van der Waals surface area contributed by atoms with Gasteiger partial charge in [-0.2, -0.15) is 0 Å². The Hall–Kier alpha value is -1.72. The Morgan fingerprint density at radius 1 is 1.00 bits per heavy atom. The number of carbonyl (C=O) groups is 2. The van der Waals surface area contributed by atoms with E-state index < -0.39 is 0 Å². The molecule has 20 heavy (non-hydrogen) atoms. The smallest absolute Gasteiger partial charge is 0.286 e. The second-order valence-corrected chi connectivity index (χ2v) is 4.91. The summed E-state index contributed by atoms with van der Waals surface area (Å²) >= 11 is 0. The quantitative estimate of drug-likeness (QED) is 0.612. The number of carbonyl (C=O) groups excluding carboxylic acids is 2. The molecular formula is C15H21N2O3+. The molecule has 0 unspecified atom stereocenters. The minimum atomic E-state index is -0.387. The lowest BCUT2D eigenvalue weighted by Gasteiger charge is -2.35. The average Bonchev–Trinajstić information content (AvgIpc) is 2.73. The summed E-state index contributed by atoms with van der Waals surface area (Å²) in [4.78, 5) is 29.0. The molecule has 0 spiro atoms. The number of imide groups is 1. The lowest BCUT2D eigenvalue weighted by atomic mass is 10.1. The van der Waals surface area contributed by atoms with Crippen molar-refractivity contribution in [2.24, 2.45) is 0 Å². The maximum Gasteiger partial charge on any atom is 0.286 e. The third-order valence-electron chi connectivity index (χ3n) is 4.38. The first kappa shape index (κ1) is 14.7. The van der Waals surface area contributed by atoms with Gasteiger partial charge >= 0.3 is 0 Å². The van der Waals surface area contributed by atoms with E-state index in [1.54, 1.807) is 6.07 Å². The van der Waals surface area contributed by atoms with Crippen LogP contribution in [0.25, 0.3) is 0 Å². The molecule has 2 amide bonds. The average molecular weight is 277 g/mol. The minimum absolute atomic E-state index is 0.379. The van der Waals surface area contributed by atoms with Gasteiger partial charge in [0.2, 0.25) is 0 Å². The van der Waals surface area contributed by atoms with Gasteiger partial charge in [0.1, 0.15) is 5.69 Å². The maximum atomic E-state index is 12.2. The molecule has 1 aliphatic heterocycles. The van der Waals surface area contributed by atoms with Gasteiger partial charge < -0.3 is 0 Å². The zero-order valence-electron chi connectivity index (χ0n) is 12.5. The number of nitrogens with zero attached hydrogens (tertiary/aromatic N) is 2. The Morgan fingerprint density at radius 2 is 1.55 bits per heavy atom. The summed E-state index contributed by atoms with van der Waals surface area (Å²) in [5.74, 6) is -0.766. The molecule has 0 saturated carbocycles. The van der Waals surface area contributed by atoms with Crippen LogP contribution < -0.4 is 4.48 Å². The first-order chi connectivity index (χ1) is 9.54. The van der Waals surface area contributed by atoms with E-state index >= 15 is 0 Å². The molecule has 1 aliphatic rings. The summed E-state index contributed by atoms with van der Waals surface area (Å²) in [7, 11) is 1.33. The van der Waals surface area contributed by atoms with E-state index in [9.17, 15) is 9.59 Å². The van der Waals surface area contributed by atoms with Crippen molar-refractivity contribution in [1.29, 1.82) is 0 Å². The number of rotatable bonds is 5. The fourth-order valence-electron chi connectivity index (χ4n) is 2.89. The maximum absolute atomic E-state index is 12.2. The van der Waals surface area contributed by atoms with Gasteiger partial charge in [-0.15, -0.1) is 5.06 Å². The highest BCUT2D eigenvalue weighted by Crippen LogP contribution is 2.30. The summed E-state index contributed by atoms with van der Waals surface area (Å²) in [5, 5.41) is 0.812. The first-order valence-corrected chi connectivity index (χ1v) is 6.98. The minimum Gasteiger partial charge on any atom is -0.292 e. The van der Waals surface area contributed by atoms with Crippen molar-refractivity contribution in [2.75, 3.05) is 26.7 Å². The third kappa shape index (κ3) is 1.94. The fraction of sp³-hybridized carbons (Fsp3) is 0.467. The van der Waals surface area contributed by atoms with Crippen molar-refractivity contribution >= 4 is 17.5 Å². The molecule has 1 aromatic rings. The number of fused-ring (bicyclic) bond motifs is 1. The van der Waals surface area contributed by atoms with E-state index in [1.807, 2.05) is 12.1 Å². The Labute approximate surface area is 119 Å². The molecule has 5 heteroatoms. The van der Waals surface area contributed by atoms with Gasteiger partial charge in [-0.25, -0.2) is 0 Å². The van der Waals surface area contributed by atoms with Crippen molar-refractivity contribution in [1.82, 2.24) is 9.55 Å². The van der Waals surface area contributed by atoms with Crippen LogP contribution in [0.3, 0.4) is 0 Å². The molecule has 0 aromatic heterocycles. The Bertz CT molecular complexity index is 542. The van der Waals surface area contributed by atoms with Gasteiger partial charge in [0, 0.05) is 6.07 Å². The second-order valence-electron chi connectivity index (χ2n) is 4.91. The molecule has 0 saturated heterocycles. The highest BCUT2D eigenvalue weighted by molar-refractivity contribution is 6.20. The molecular weight excluding hydrogens is 256 g/mol. The molecule has 5 nitrogen and oxygen atoms in total. The number of hydroxylamine groups is 2. The molecule has 1 aromatic carbocycles. The van der Waals surface area contributed by atoms with Crippen molar-refractivity contribution < 1.29 is 14.4 Å². The van der Waals surface area contributed by atoms with Crippen LogP contribution in [0.2, 0.25) is 0 Å². The Kier molecular flexibility index (Phi) is 3.92. The van der Waals surface area contributed by atoms with E-state index in [2.05, 4.69) is 20.8 Å². The number of benzene rings is 1. The number of amides is 2. The van der Waals surface area contributed by atoms with Gasteiger partial charge in [0.05, 0.1) is 37.9 Å². The van der Waals surface area contributed by atoms with Crippen LogP contribution in [-0.4, -0.2) is 43.6 Å². The van der Waals surface area contributed by atoms with Gasteiger partial charge in [0.15, 0.2) is 0 Å². The first-order valence-electron chi connectivity index (χ1n) is 6.98. The molecule has 0 radical (unpaired) electrons. The van der Waals surface area contributed by atoms with Crippen LogP contribution in [0.4, 0.5) is 5.69 Å². The Morgan fingerprint density at radius 3 is 2.05 bits per heavy atom. The summed E-state index contributed by atoms with van der Waals surface area (Å²) in [6.07, 6.45) is 0. The summed E-state index contributed by atoms with van der Waals surface area (Å²) in [6, 6.07) is 5.52. The fourth-order valence-corrected chi connectivity index (χ4v) is 2.89. The van der Waals surface area contributed by atoms with Crippen molar-refractivity contribution in [3.05, 3.63) is 29.3 Å². The van der Waals surface area contributed by atoms with E-state index in [1.165, 1.54) is 7.11 Å². The predicted molar refractivity (Wildman–Crippen MR) is 77.4 cm³/mol. The van der Waals surface area contributed by atoms with E-state index in [0.717, 1.165) is 34.9 Å². The normalized spacial score (nSPS) is 14.9. The van der Waals surface area contributed by atoms with Crippen molar-refractivity contribution in [2.45, 2.75) is 20.8 Å². The van der Waals surface area contributed by atoms with Gasteiger partial charge in [-0.05, 0) is 32.9 Å². The zero-order valence-corrected chi connectivity index (χ0v) is 12.5.